The highest BCUT2D eigenvalue weighted by atomic mass is 16.2. The van der Waals surface area contributed by atoms with Gasteiger partial charge in [0, 0.05) is 16.8 Å². The summed E-state index contributed by atoms with van der Waals surface area (Å²) in [5.74, 6) is 0.679. The van der Waals surface area contributed by atoms with Gasteiger partial charge in [0.05, 0.1) is 6.54 Å². The maximum atomic E-state index is 12.3. The van der Waals surface area contributed by atoms with Gasteiger partial charge in [0.2, 0.25) is 5.82 Å². The largest absolute Gasteiger partial charge is 0.271 e. The van der Waals surface area contributed by atoms with E-state index < -0.39 is 0 Å². The van der Waals surface area contributed by atoms with Crippen LogP contribution in [0.25, 0.3) is 11.4 Å². The van der Waals surface area contributed by atoms with Crippen molar-refractivity contribution in [3.63, 3.8) is 0 Å². The number of amides is 1. The van der Waals surface area contributed by atoms with Gasteiger partial charge in [-0.3, -0.25) is 4.79 Å². The standard InChI is InChI=1S/C21H24N6O/c1-4-19(15(2)3)22-24-21(28)18-12-10-16(11-13-18)14-27-25-20(23-26-27)17-8-6-5-7-9-17/h5-13,15H,4,14H2,1-3H3,(H,24,28)/b22-19-. The first-order chi connectivity index (χ1) is 13.6. The van der Waals surface area contributed by atoms with Crippen LogP contribution < -0.4 is 5.43 Å². The molecule has 0 atom stereocenters. The SMILES string of the molecule is CC/C(=N/NC(=O)c1ccc(Cn2nnc(-c3ccccc3)n2)cc1)C(C)C. The summed E-state index contributed by atoms with van der Waals surface area (Å²) in [6.07, 6.45) is 0.812. The molecule has 0 saturated heterocycles. The maximum absolute atomic E-state index is 12.3. The Morgan fingerprint density at radius 3 is 2.46 bits per heavy atom. The highest BCUT2D eigenvalue weighted by Gasteiger charge is 2.09. The Balaban J connectivity index is 1.63. The van der Waals surface area contributed by atoms with E-state index in [1.807, 2.05) is 49.4 Å². The molecule has 0 unspecified atom stereocenters. The summed E-state index contributed by atoms with van der Waals surface area (Å²) >= 11 is 0. The van der Waals surface area contributed by atoms with Gasteiger partial charge in [-0.1, -0.05) is 63.2 Å². The van der Waals surface area contributed by atoms with Crippen molar-refractivity contribution in [1.82, 2.24) is 25.6 Å². The van der Waals surface area contributed by atoms with Crippen molar-refractivity contribution >= 4 is 11.6 Å². The normalized spacial score (nSPS) is 11.6. The van der Waals surface area contributed by atoms with E-state index in [1.165, 1.54) is 4.80 Å². The maximum Gasteiger partial charge on any atom is 0.271 e. The molecule has 0 aliphatic heterocycles. The van der Waals surface area contributed by atoms with Crippen LogP contribution in [-0.4, -0.2) is 31.8 Å². The monoisotopic (exact) mass is 376 g/mol. The van der Waals surface area contributed by atoms with Crippen molar-refractivity contribution in [2.24, 2.45) is 11.0 Å². The lowest BCUT2D eigenvalue weighted by atomic mass is 10.1. The van der Waals surface area contributed by atoms with Crippen LogP contribution in [0.1, 0.15) is 43.1 Å². The fourth-order valence-corrected chi connectivity index (χ4v) is 2.74. The lowest BCUT2D eigenvalue weighted by Gasteiger charge is -2.08. The highest BCUT2D eigenvalue weighted by Crippen LogP contribution is 2.12. The number of carbonyl (C=O) groups excluding carboxylic acids is 1. The van der Waals surface area contributed by atoms with Gasteiger partial charge in [0.25, 0.3) is 5.91 Å². The smallest absolute Gasteiger partial charge is 0.267 e. The van der Waals surface area contributed by atoms with Crippen LogP contribution in [0, 0.1) is 5.92 Å². The molecule has 1 aromatic heterocycles. The molecule has 0 saturated carbocycles. The van der Waals surface area contributed by atoms with Crippen molar-refractivity contribution in [1.29, 1.82) is 0 Å². The highest BCUT2D eigenvalue weighted by molar-refractivity contribution is 5.95. The molecule has 7 heteroatoms. The number of nitrogens with one attached hydrogen (secondary N) is 1. The molecule has 144 valence electrons. The number of hydrogen-bond donors (Lipinski definition) is 1. The number of hydrogen-bond acceptors (Lipinski definition) is 5. The predicted octanol–water partition coefficient (Wildman–Crippen LogP) is 3.54. The number of nitrogens with zero attached hydrogens (tertiary/aromatic N) is 5. The summed E-state index contributed by atoms with van der Waals surface area (Å²) in [4.78, 5) is 13.8. The third-order valence-electron chi connectivity index (χ3n) is 4.35. The summed E-state index contributed by atoms with van der Waals surface area (Å²) in [5.41, 5.74) is 6.06. The number of carbonyl (C=O) groups is 1. The fourth-order valence-electron chi connectivity index (χ4n) is 2.74. The lowest BCUT2D eigenvalue weighted by molar-refractivity contribution is 0.0954. The van der Waals surface area contributed by atoms with Gasteiger partial charge in [-0.2, -0.15) is 9.90 Å². The molecule has 7 nitrogen and oxygen atoms in total. The second kappa shape index (κ2) is 9.03. The molecule has 1 amide bonds. The molecule has 0 aliphatic carbocycles. The average molecular weight is 376 g/mol. The van der Waals surface area contributed by atoms with Gasteiger partial charge in [-0.25, -0.2) is 5.43 Å². The zero-order chi connectivity index (χ0) is 19.9. The molecule has 0 bridgehead atoms. The van der Waals surface area contributed by atoms with Crippen LogP contribution >= 0.6 is 0 Å². The van der Waals surface area contributed by atoms with E-state index in [0.717, 1.165) is 23.3 Å². The van der Waals surface area contributed by atoms with E-state index in [4.69, 9.17) is 0 Å². The first-order valence-corrected chi connectivity index (χ1v) is 9.35. The van der Waals surface area contributed by atoms with E-state index >= 15 is 0 Å². The zero-order valence-electron chi connectivity index (χ0n) is 16.3. The predicted molar refractivity (Wildman–Crippen MR) is 109 cm³/mol. The fraction of sp³-hybridized carbons (Fsp3) is 0.286. The average Bonchev–Trinajstić information content (AvgIpc) is 3.18. The molecular weight excluding hydrogens is 352 g/mol. The molecule has 0 radical (unpaired) electrons. The second-order valence-corrected chi connectivity index (χ2v) is 6.76. The quantitative estimate of drug-likeness (QED) is 0.505. The summed E-state index contributed by atoms with van der Waals surface area (Å²) in [5, 5.41) is 16.8. The van der Waals surface area contributed by atoms with Crippen molar-refractivity contribution < 1.29 is 4.79 Å². The topological polar surface area (TPSA) is 85.1 Å². The zero-order valence-corrected chi connectivity index (χ0v) is 16.3. The van der Waals surface area contributed by atoms with Crippen molar-refractivity contribution in [2.75, 3.05) is 0 Å². The van der Waals surface area contributed by atoms with E-state index in [-0.39, 0.29) is 5.91 Å². The second-order valence-electron chi connectivity index (χ2n) is 6.76. The summed E-state index contributed by atoms with van der Waals surface area (Å²) in [7, 11) is 0. The minimum absolute atomic E-state index is 0.219. The van der Waals surface area contributed by atoms with Crippen LogP contribution in [0.4, 0.5) is 0 Å². The molecule has 28 heavy (non-hydrogen) atoms. The lowest BCUT2D eigenvalue weighted by Crippen LogP contribution is -2.21. The Labute approximate surface area is 164 Å². The van der Waals surface area contributed by atoms with E-state index in [2.05, 4.69) is 39.8 Å². The minimum atomic E-state index is -0.219. The van der Waals surface area contributed by atoms with Gasteiger partial charge in [-0.05, 0) is 35.2 Å². The van der Waals surface area contributed by atoms with Crippen LogP contribution in [0.5, 0.6) is 0 Å². The van der Waals surface area contributed by atoms with Gasteiger partial charge >= 0.3 is 0 Å². The Morgan fingerprint density at radius 2 is 1.82 bits per heavy atom. The van der Waals surface area contributed by atoms with Crippen molar-refractivity contribution in [2.45, 2.75) is 33.7 Å². The van der Waals surface area contributed by atoms with Crippen molar-refractivity contribution in [3.05, 3.63) is 65.7 Å². The molecule has 0 fully saturated rings. The molecule has 0 spiro atoms. The third kappa shape index (κ3) is 4.88. The number of aromatic nitrogens is 4. The van der Waals surface area contributed by atoms with Gasteiger partial charge in [-0.15, -0.1) is 10.2 Å². The van der Waals surface area contributed by atoms with Crippen molar-refractivity contribution in [3.8, 4) is 11.4 Å². The Bertz CT molecular complexity index is 945. The first-order valence-electron chi connectivity index (χ1n) is 9.35. The van der Waals surface area contributed by atoms with E-state index in [0.29, 0.717) is 23.9 Å². The van der Waals surface area contributed by atoms with E-state index in [9.17, 15) is 4.79 Å². The molecule has 3 rings (SSSR count). The Morgan fingerprint density at radius 1 is 1.11 bits per heavy atom. The summed E-state index contributed by atoms with van der Waals surface area (Å²) in [6, 6.07) is 17.0. The number of hydrazone groups is 1. The molecule has 1 N–H and O–H groups in total. The summed E-state index contributed by atoms with van der Waals surface area (Å²) < 4.78 is 0. The molecule has 0 aliphatic rings. The number of benzene rings is 2. The summed E-state index contributed by atoms with van der Waals surface area (Å²) in [6.45, 7) is 6.63. The molecule has 1 heterocycles. The Kier molecular flexibility index (Phi) is 6.26. The molecule has 2 aromatic carbocycles. The van der Waals surface area contributed by atoms with E-state index in [1.54, 1.807) is 12.1 Å². The van der Waals surface area contributed by atoms with Gasteiger partial charge < -0.3 is 0 Å². The number of tetrazole rings is 1. The first kappa shape index (κ1) is 19.4. The number of rotatable bonds is 7. The van der Waals surface area contributed by atoms with Crippen LogP contribution in [0.3, 0.4) is 0 Å². The van der Waals surface area contributed by atoms with Crippen LogP contribution in [0.15, 0.2) is 59.7 Å². The molecule has 3 aromatic rings. The van der Waals surface area contributed by atoms with Crippen LogP contribution in [0.2, 0.25) is 0 Å². The minimum Gasteiger partial charge on any atom is -0.267 e. The van der Waals surface area contributed by atoms with Gasteiger partial charge in [0.15, 0.2) is 0 Å². The van der Waals surface area contributed by atoms with Crippen LogP contribution in [-0.2, 0) is 6.54 Å². The third-order valence-corrected chi connectivity index (χ3v) is 4.35. The Hall–Kier alpha value is -3.35. The van der Waals surface area contributed by atoms with Gasteiger partial charge in [0.1, 0.15) is 0 Å². The molecular formula is C21H24N6O.